The monoisotopic (exact) mass is 279 g/mol. The molecule has 1 aromatic heterocycles. The predicted molar refractivity (Wildman–Crippen MR) is 83.2 cm³/mol. The Morgan fingerprint density at radius 1 is 1.05 bits per heavy atom. The van der Waals surface area contributed by atoms with Crippen LogP contribution in [0.1, 0.15) is 24.2 Å². The van der Waals surface area contributed by atoms with Crippen molar-refractivity contribution in [1.29, 1.82) is 0 Å². The molecular formula is C18H17NO2. The van der Waals surface area contributed by atoms with E-state index in [9.17, 15) is 5.11 Å². The van der Waals surface area contributed by atoms with Gasteiger partial charge in [-0.15, -0.1) is 0 Å². The summed E-state index contributed by atoms with van der Waals surface area (Å²) in [6.07, 6.45) is 1.25. The summed E-state index contributed by atoms with van der Waals surface area (Å²) in [6.45, 7) is 2.19. The number of hydrogen-bond donors (Lipinski definition) is 1. The summed E-state index contributed by atoms with van der Waals surface area (Å²) in [4.78, 5) is 4.35. The number of aromatic nitrogens is 1. The van der Waals surface area contributed by atoms with Crippen LogP contribution in [0.2, 0.25) is 0 Å². The van der Waals surface area contributed by atoms with E-state index in [2.05, 4.69) is 4.98 Å². The van der Waals surface area contributed by atoms with Crippen LogP contribution in [0.4, 0.5) is 0 Å². The Kier molecular flexibility index (Phi) is 3.84. The van der Waals surface area contributed by atoms with Crippen molar-refractivity contribution in [2.45, 2.75) is 19.6 Å². The minimum absolute atomic E-state index is 0.451. The molecule has 0 bridgehead atoms. The summed E-state index contributed by atoms with van der Waals surface area (Å²) in [7, 11) is 0. The number of pyridine rings is 1. The van der Waals surface area contributed by atoms with Crippen LogP contribution >= 0.6 is 0 Å². The lowest BCUT2D eigenvalue weighted by atomic mass is 10.1. The molecule has 0 saturated carbocycles. The van der Waals surface area contributed by atoms with Gasteiger partial charge in [-0.25, -0.2) is 0 Å². The number of fused-ring (bicyclic) bond motifs is 1. The van der Waals surface area contributed by atoms with Crippen LogP contribution in [0.25, 0.3) is 10.9 Å². The van der Waals surface area contributed by atoms with Crippen LogP contribution in [-0.2, 0) is 6.61 Å². The Balaban J connectivity index is 1.87. The number of hydrogen-bond acceptors (Lipinski definition) is 3. The zero-order chi connectivity index (χ0) is 14.7. The third-order valence-corrected chi connectivity index (χ3v) is 3.49. The Labute approximate surface area is 123 Å². The molecule has 0 spiro atoms. The molecule has 1 heterocycles. The van der Waals surface area contributed by atoms with Gasteiger partial charge in [-0.2, -0.15) is 0 Å². The molecule has 0 aliphatic heterocycles. The normalized spacial score (nSPS) is 12.3. The molecule has 3 heteroatoms. The average molecular weight is 279 g/mol. The van der Waals surface area contributed by atoms with Crippen LogP contribution in [0, 0.1) is 0 Å². The topological polar surface area (TPSA) is 42.4 Å². The standard InChI is InChI=1S/C18H17NO2/c1-13(20)15-6-3-5-9-18(15)21-12-14-10-11-19-17-8-4-2-7-16(14)17/h2-11,13,20H,12H2,1H3/t13-/m0/s1. The number of aliphatic hydroxyl groups is 1. The summed E-state index contributed by atoms with van der Waals surface area (Å²) >= 11 is 0. The molecule has 3 aromatic rings. The van der Waals surface area contributed by atoms with Gasteiger partial charge in [-0.3, -0.25) is 4.98 Å². The summed E-state index contributed by atoms with van der Waals surface area (Å²) in [6, 6.07) is 17.5. The molecule has 0 amide bonds. The van der Waals surface area contributed by atoms with Crippen LogP contribution in [0.5, 0.6) is 5.75 Å². The highest BCUT2D eigenvalue weighted by atomic mass is 16.5. The predicted octanol–water partition coefficient (Wildman–Crippen LogP) is 3.87. The van der Waals surface area contributed by atoms with E-state index in [0.29, 0.717) is 12.4 Å². The maximum Gasteiger partial charge on any atom is 0.125 e. The Morgan fingerprint density at radius 3 is 2.67 bits per heavy atom. The van der Waals surface area contributed by atoms with E-state index >= 15 is 0 Å². The van der Waals surface area contributed by atoms with Gasteiger partial charge < -0.3 is 9.84 Å². The number of benzene rings is 2. The Hall–Kier alpha value is -2.39. The lowest BCUT2D eigenvalue weighted by molar-refractivity contribution is 0.190. The molecule has 0 aliphatic carbocycles. The van der Waals surface area contributed by atoms with Gasteiger partial charge in [-0.1, -0.05) is 36.4 Å². The van der Waals surface area contributed by atoms with Gasteiger partial charge in [0.2, 0.25) is 0 Å². The van der Waals surface area contributed by atoms with Crippen molar-refractivity contribution < 1.29 is 9.84 Å². The Morgan fingerprint density at radius 2 is 1.81 bits per heavy atom. The first-order valence-corrected chi connectivity index (χ1v) is 6.98. The van der Waals surface area contributed by atoms with E-state index in [1.54, 1.807) is 13.1 Å². The van der Waals surface area contributed by atoms with Crippen molar-refractivity contribution in [2.75, 3.05) is 0 Å². The molecule has 0 fully saturated rings. The van der Waals surface area contributed by atoms with E-state index in [4.69, 9.17) is 4.74 Å². The van der Waals surface area contributed by atoms with Gasteiger partial charge in [-0.05, 0) is 25.1 Å². The zero-order valence-corrected chi connectivity index (χ0v) is 11.9. The van der Waals surface area contributed by atoms with Crippen LogP contribution < -0.4 is 4.74 Å². The molecular weight excluding hydrogens is 262 g/mol. The zero-order valence-electron chi connectivity index (χ0n) is 11.9. The molecule has 0 radical (unpaired) electrons. The fourth-order valence-corrected chi connectivity index (χ4v) is 2.39. The summed E-state index contributed by atoms with van der Waals surface area (Å²) in [5, 5.41) is 10.9. The fraction of sp³-hybridized carbons (Fsp3) is 0.167. The minimum atomic E-state index is -0.546. The second-order valence-electron chi connectivity index (χ2n) is 4.99. The van der Waals surface area contributed by atoms with Gasteiger partial charge in [0.15, 0.2) is 0 Å². The molecule has 2 aromatic carbocycles. The lowest BCUT2D eigenvalue weighted by Gasteiger charge is -2.14. The van der Waals surface area contributed by atoms with Crippen LogP contribution in [-0.4, -0.2) is 10.1 Å². The average Bonchev–Trinajstić information content (AvgIpc) is 2.53. The number of nitrogens with zero attached hydrogens (tertiary/aromatic N) is 1. The third kappa shape index (κ3) is 2.88. The first-order chi connectivity index (χ1) is 10.3. The highest BCUT2D eigenvalue weighted by molar-refractivity contribution is 5.81. The van der Waals surface area contributed by atoms with E-state index in [-0.39, 0.29) is 0 Å². The summed E-state index contributed by atoms with van der Waals surface area (Å²) in [5.74, 6) is 0.716. The maximum atomic E-state index is 9.78. The first kappa shape index (κ1) is 13.6. The van der Waals surface area contributed by atoms with Crippen molar-refractivity contribution in [3.05, 3.63) is 71.9 Å². The van der Waals surface area contributed by atoms with Crippen molar-refractivity contribution in [1.82, 2.24) is 4.98 Å². The van der Waals surface area contributed by atoms with Gasteiger partial charge >= 0.3 is 0 Å². The molecule has 0 saturated heterocycles. The van der Waals surface area contributed by atoms with Crippen molar-refractivity contribution in [2.24, 2.45) is 0 Å². The fourth-order valence-electron chi connectivity index (χ4n) is 2.39. The molecule has 1 atom stereocenters. The summed E-state index contributed by atoms with van der Waals surface area (Å²) < 4.78 is 5.90. The molecule has 3 nitrogen and oxygen atoms in total. The molecule has 1 N–H and O–H groups in total. The second-order valence-corrected chi connectivity index (χ2v) is 4.99. The molecule has 3 rings (SSSR count). The van der Waals surface area contributed by atoms with Crippen molar-refractivity contribution >= 4 is 10.9 Å². The highest BCUT2D eigenvalue weighted by Crippen LogP contribution is 2.26. The van der Waals surface area contributed by atoms with Crippen molar-refractivity contribution in [3.8, 4) is 5.75 Å². The molecule has 0 aliphatic rings. The first-order valence-electron chi connectivity index (χ1n) is 6.98. The summed E-state index contributed by atoms with van der Waals surface area (Å²) in [5.41, 5.74) is 2.85. The van der Waals surface area contributed by atoms with Gasteiger partial charge in [0.05, 0.1) is 11.6 Å². The maximum absolute atomic E-state index is 9.78. The largest absolute Gasteiger partial charge is 0.488 e. The Bertz CT molecular complexity index is 748. The van der Waals surface area contributed by atoms with Crippen LogP contribution in [0.15, 0.2) is 60.8 Å². The van der Waals surface area contributed by atoms with Gasteiger partial charge in [0.25, 0.3) is 0 Å². The van der Waals surface area contributed by atoms with E-state index in [0.717, 1.165) is 22.0 Å². The lowest BCUT2D eigenvalue weighted by Crippen LogP contribution is -2.01. The number of ether oxygens (including phenoxy) is 1. The minimum Gasteiger partial charge on any atom is -0.488 e. The molecule has 21 heavy (non-hydrogen) atoms. The SMILES string of the molecule is C[C@H](O)c1ccccc1OCc1ccnc2ccccc12. The second kappa shape index (κ2) is 5.94. The highest BCUT2D eigenvalue weighted by Gasteiger charge is 2.09. The quantitative estimate of drug-likeness (QED) is 0.788. The van der Waals surface area contributed by atoms with Gasteiger partial charge in [0.1, 0.15) is 12.4 Å². The third-order valence-electron chi connectivity index (χ3n) is 3.49. The molecule has 106 valence electrons. The number of para-hydroxylation sites is 2. The molecule has 0 unspecified atom stereocenters. The van der Waals surface area contributed by atoms with E-state index < -0.39 is 6.10 Å². The van der Waals surface area contributed by atoms with E-state index in [1.807, 2.05) is 54.6 Å². The number of rotatable bonds is 4. The van der Waals surface area contributed by atoms with Crippen molar-refractivity contribution in [3.63, 3.8) is 0 Å². The van der Waals surface area contributed by atoms with E-state index in [1.165, 1.54) is 0 Å². The smallest absolute Gasteiger partial charge is 0.125 e. The number of aliphatic hydroxyl groups excluding tert-OH is 1. The van der Waals surface area contributed by atoms with Crippen LogP contribution in [0.3, 0.4) is 0 Å². The van der Waals surface area contributed by atoms with Gasteiger partial charge in [0, 0.05) is 22.7 Å².